The summed E-state index contributed by atoms with van der Waals surface area (Å²) >= 11 is 0. The first-order valence-electron chi connectivity index (χ1n) is 14.9. The second kappa shape index (κ2) is 10.2. The maximum Gasteiger partial charge on any atom is 0.303 e. The summed E-state index contributed by atoms with van der Waals surface area (Å²) < 4.78 is 11.5. The van der Waals surface area contributed by atoms with E-state index in [1.54, 1.807) is 0 Å². The van der Waals surface area contributed by atoms with Crippen molar-refractivity contribution < 1.29 is 24.2 Å². The molecule has 0 aromatic carbocycles. The molecule has 0 radical (unpaired) electrons. The van der Waals surface area contributed by atoms with Crippen LogP contribution < -0.4 is 0 Å². The maximum atomic E-state index is 12.3. The summed E-state index contributed by atoms with van der Waals surface area (Å²) in [6, 6.07) is 0. The number of carbonyl (C=O) groups is 2. The average Bonchev–Trinajstić information content (AvgIpc) is 3.12. The molecule has 5 nitrogen and oxygen atoms in total. The van der Waals surface area contributed by atoms with Gasteiger partial charge in [-0.3, -0.25) is 9.59 Å². The number of carbonyl (C=O) groups excluding carboxylic acids is 2. The van der Waals surface area contributed by atoms with Gasteiger partial charge in [0.05, 0.1) is 0 Å². The molecule has 10 atom stereocenters. The van der Waals surface area contributed by atoms with Crippen molar-refractivity contribution in [2.45, 2.75) is 137 Å². The lowest BCUT2D eigenvalue weighted by molar-refractivity contribution is -0.271. The predicted molar refractivity (Wildman–Crippen MR) is 141 cm³/mol. The van der Waals surface area contributed by atoms with Gasteiger partial charge in [-0.1, -0.05) is 53.9 Å². The topological polar surface area (TPSA) is 72.8 Å². The van der Waals surface area contributed by atoms with E-state index in [1.807, 2.05) is 0 Å². The molecule has 0 saturated heterocycles. The third-order valence-electron chi connectivity index (χ3n) is 11.6. The average molecular weight is 505 g/mol. The monoisotopic (exact) mass is 504 g/mol. The van der Waals surface area contributed by atoms with Crippen LogP contribution in [0.15, 0.2) is 0 Å². The third-order valence-corrected chi connectivity index (χ3v) is 11.6. The number of aliphatic hydroxyl groups is 1. The Morgan fingerprint density at radius 3 is 2.25 bits per heavy atom. The van der Waals surface area contributed by atoms with Crippen LogP contribution >= 0.6 is 0 Å². The van der Waals surface area contributed by atoms with E-state index in [1.165, 1.54) is 52.4 Å². The number of hydrogen-bond acceptors (Lipinski definition) is 5. The van der Waals surface area contributed by atoms with Gasteiger partial charge in [-0.2, -0.15) is 0 Å². The van der Waals surface area contributed by atoms with Crippen molar-refractivity contribution in [3.8, 4) is 0 Å². The van der Waals surface area contributed by atoms with E-state index in [-0.39, 0.29) is 23.5 Å². The summed E-state index contributed by atoms with van der Waals surface area (Å²) in [5.74, 6) is 3.15. The Labute approximate surface area is 219 Å². The molecule has 4 saturated carbocycles. The molecule has 4 rings (SSSR count). The molecule has 4 aliphatic carbocycles. The quantitative estimate of drug-likeness (QED) is 0.391. The first-order chi connectivity index (χ1) is 16.8. The zero-order chi connectivity index (χ0) is 26.5. The van der Waals surface area contributed by atoms with Gasteiger partial charge < -0.3 is 14.6 Å². The van der Waals surface area contributed by atoms with Crippen molar-refractivity contribution in [3.63, 3.8) is 0 Å². The molecule has 0 heterocycles. The van der Waals surface area contributed by atoms with Gasteiger partial charge in [0.15, 0.2) is 0 Å². The van der Waals surface area contributed by atoms with Gasteiger partial charge in [0.1, 0.15) is 17.8 Å². The highest BCUT2D eigenvalue weighted by Crippen LogP contribution is 2.69. The zero-order valence-electron chi connectivity index (χ0n) is 24.0. The molecule has 3 unspecified atom stereocenters. The predicted octanol–water partition coefficient (Wildman–Crippen LogP) is 6.70. The molecule has 1 N–H and O–H groups in total. The van der Waals surface area contributed by atoms with Gasteiger partial charge in [0.25, 0.3) is 0 Å². The molecule has 0 amide bonds. The summed E-state index contributed by atoms with van der Waals surface area (Å²) in [4.78, 5) is 23.9. The molecule has 206 valence electrons. The van der Waals surface area contributed by atoms with Crippen molar-refractivity contribution >= 4 is 11.9 Å². The van der Waals surface area contributed by atoms with Crippen LogP contribution in [0, 0.1) is 46.3 Å². The first-order valence-corrected chi connectivity index (χ1v) is 14.9. The van der Waals surface area contributed by atoms with Crippen LogP contribution in [0.5, 0.6) is 0 Å². The Kier molecular flexibility index (Phi) is 7.93. The summed E-state index contributed by atoms with van der Waals surface area (Å²) in [6.07, 6.45) is 10.7. The van der Waals surface area contributed by atoms with Crippen LogP contribution in [0.3, 0.4) is 0 Å². The van der Waals surface area contributed by atoms with E-state index in [4.69, 9.17) is 9.47 Å². The largest absolute Gasteiger partial charge is 0.462 e. The third kappa shape index (κ3) is 4.76. The summed E-state index contributed by atoms with van der Waals surface area (Å²) in [5.41, 5.74) is -1.16. The first kappa shape index (κ1) is 27.9. The van der Waals surface area contributed by atoms with Crippen molar-refractivity contribution in [3.05, 3.63) is 0 Å². The van der Waals surface area contributed by atoms with Crippen molar-refractivity contribution in [1.82, 2.24) is 0 Å². The summed E-state index contributed by atoms with van der Waals surface area (Å²) in [5, 5.41) is 12.3. The zero-order valence-corrected chi connectivity index (χ0v) is 24.0. The molecule has 0 spiro atoms. The SMILES string of the molecule is CC(=O)OC1CC[C@]2(C)[C@H]3CC[C@]4(C)[C@@H]([C@H](C)CCCC(C)C)CC[C@H]4[C@@H]3CC(OC(C)=O)C2(O)C1. The van der Waals surface area contributed by atoms with E-state index < -0.39 is 11.7 Å². The van der Waals surface area contributed by atoms with Crippen LogP contribution in [-0.4, -0.2) is 34.9 Å². The lowest BCUT2D eigenvalue weighted by Gasteiger charge is -2.65. The van der Waals surface area contributed by atoms with Gasteiger partial charge in [-0.15, -0.1) is 0 Å². The molecule has 0 bridgehead atoms. The Bertz CT molecular complexity index is 824. The lowest BCUT2D eigenvalue weighted by atomic mass is 9.42. The van der Waals surface area contributed by atoms with E-state index in [2.05, 4.69) is 34.6 Å². The van der Waals surface area contributed by atoms with Gasteiger partial charge in [0, 0.05) is 25.7 Å². The minimum atomic E-state index is -1.16. The second-order valence-electron chi connectivity index (χ2n) is 14.1. The molecule has 0 aromatic heterocycles. The molecule has 5 heteroatoms. The van der Waals surface area contributed by atoms with E-state index >= 15 is 0 Å². The molecular weight excluding hydrogens is 452 g/mol. The normalized spacial score (nSPS) is 44.8. The highest BCUT2D eigenvalue weighted by molar-refractivity contribution is 5.66. The smallest absolute Gasteiger partial charge is 0.303 e. The van der Waals surface area contributed by atoms with Crippen molar-refractivity contribution in [2.75, 3.05) is 0 Å². The molecule has 0 aromatic rings. The molecule has 0 aliphatic heterocycles. The Morgan fingerprint density at radius 1 is 0.917 bits per heavy atom. The fourth-order valence-electron chi connectivity index (χ4n) is 9.92. The van der Waals surface area contributed by atoms with Gasteiger partial charge in [-0.25, -0.2) is 0 Å². The summed E-state index contributed by atoms with van der Waals surface area (Å²) in [6.45, 7) is 14.8. The van der Waals surface area contributed by atoms with E-state index in [0.717, 1.165) is 43.4 Å². The van der Waals surface area contributed by atoms with Gasteiger partial charge in [0.2, 0.25) is 0 Å². The standard InChI is InChI=1S/C31H52O5/c1-19(2)9-8-10-20(3)25-11-12-26-24-17-28(36-22(5)33)31(34)18-23(35-21(4)32)13-16-30(31,7)27(24)14-15-29(25,26)6/h19-20,23-28,34H,8-18H2,1-7H3/t20-,23?,24+,25-,26+,27+,28?,29-,30-,31?/m1/s1. The molecule has 4 fully saturated rings. The van der Waals surface area contributed by atoms with Crippen LogP contribution in [-0.2, 0) is 19.1 Å². The molecule has 4 aliphatic rings. The minimum Gasteiger partial charge on any atom is -0.462 e. The number of fused-ring (bicyclic) bond motifs is 5. The Hall–Kier alpha value is -1.10. The van der Waals surface area contributed by atoms with Gasteiger partial charge in [-0.05, 0) is 85.9 Å². The second-order valence-corrected chi connectivity index (χ2v) is 14.1. The number of rotatable bonds is 7. The molecule has 36 heavy (non-hydrogen) atoms. The van der Waals surface area contributed by atoms with E-state index in [9.17, 15) is 14.7 Å². The number of hydrogen-bond donors (Lipinski definition) is 1. The van der Waals surface area contributed by atoms with Crippen molar-refractivity contribution in [1.29, 1.82) is 0 Å². The van der Waals surface area contributed by atoms with Gasteiger partial charge >= 0.3 is 11.9 Å². The highest BCUT2D eigenvalue weighted by atomic mass is 16.6. The minimum absolute atomic E-state index is 0.308. The fraction of sp³-hybridized carbons (Fsp3) is 0.935. The Morgan fingerprint density at radius 2 is 1.61 bits per heavy atom. The summed E-state index contributed by atoms with van der Waals surface area (Å²) in [7, 11) is 0. The molecular formula is C31H52O5. The Balaban J connectivity index is 1.59. The van der Waals surface area contributed by atoms with Crippen molar-refractivity contribution in [2.24, 2.45) is 46.3 Å². The van der Waals surface area contributed by atoms with Crippen LogP contribution in [0.1, 0.15) is 119 Å². The van der Waals surface area contributed by atoms with Crippen LogP contribution in [0.25, 0.3) is 0 Å². The number of esters is 2. The lowest BCUT2D eigenvalue weighted by Crippen LogP contribution is -2.69. The highest BCUT2D eigenvalue weighted by Gasteiger charge is 2.68. The fourth-order valence-corrected chi connectivity index (χ4v) is 9.92. The number of ether oxygens (including phenoxy) is 2. The van der Waals surface area contributed by atoms with E-state index in [0.29, 0.717) is 29.6 Å². The van der Waals surface area contributed by atoms with Crippen LogP contribution in [0.4, 0.5) is 0 Å². The maximum absolute atomic E-state index is 12.3. The van der Waals surface area contributed by atoms with Crippen LogP contribution in [0.2, 0.25) is 0 Å².